The summed E-state index contributed by atoms with van der Waals surface area (Å²) in [5.41, 5.74) is 1.76. The maximum Gasteiger partial charge on any atom is 0.323 e. The van der Waals surface area contributed by atoms with Gasteiger partial charge in [-0.05, 0) is 31.0 Å². The van der Waals surface area contributed by atoms with Crippen LogP contribution in [0.25, 0.3) is 17.1 Å². The van der Waals surface area contributed by atoms with Crippen LogP contribution in [0.5, 0.6) is 0 Å². The molecule has 3 aromatic rings. The van der Waals surface area contributed by atoms with Crippen LogP contribution in [0, 0.1) is 0 Å². The highest BCUT2D eigenvalue weighted by molar-refractivity contribution is 5.95. The number of rotatable bonds is 6. The average molecular weight is 391 g/mol. The van der Waals surface area contributed by atoms with Crippen molar-refractivity contribution in [2.75, 3.05) is 6.54 Å². The Morgan fingerprint density at radius 1 is 1.10 bits per heavy atom. The number of aliphatic carboxylic acids is 1. The molecule has 1 aliphatic rings. The standard InChI is InChI=1S/C21H21N5O3/c27-20(28)14-25(16-9-4-5-10-16)21(29)17-13-18(15-7-2-1-3-8-15)26(24-17)19-11-6-12-22-23-19/h1-3,6-8,11-13,16H,4-5,9-10,14H2,(H,27,28). The molecule has 29 heavy (non-hydrogen) atoms. The van der Waals surface area contributed by atoms with Crippen molar-refractivity contribution in [1.29, 1.82) is 0 Å². The van der Waals surface area contributed by atoms with Gasteiger partial charge in [0, 0.05) is 17.8 Å². The fraction of sp³-hybridized carbons (Fsp3) is 0.286. The van der Waals surface area contributed by atoms with E-state index in [-0.39, 0.29) is 24.2 Å². The predicted octanol–water partition coefficient (Wildman–Crippen LogP) is 2.80. The number of carboxylic acid groups (broad SMARTS) is 1. The third-order valence-electron chi connectivity index (χ3n) is 5.11. The number of benzene rings is 1. The molecular formula is C21H21N5O3. The molecule has 0 spiro atoms. The van der Waals surface area contributed by atoms with E-state index in [0.717, 1.165) is 31.2 Å². The quantitative estimate of drug-likeness (QED) is 0.693. The number of hydrogen-bond donors (Lipinski definition) is 1. The molecule has 1 fully saturated rings. The molecule has 0 bridgehead atoms. The van der Waals surface area contributed by atoms with Gasteiger partial charge in [0.25, 0.3) is 5.91 Å². The summed E-state index contributed by atoms with van der Waals surface area (Å²) < 4.78 is 1.57. The molecule has 8 nitrogen and oxygen atoms in total. The van der Waals surface area contributed by atoms with Crippen molar-refractivity contribution in [2.24, 2.45) is 0 Å². The maximum absolute atomic E-state index is 13.2. The molecule has 0 unspecified atom stereocenters. The summed E-state index contributed by atoms with van der Waals surface area (Å²) in [5, 5.41) is 21.8. The molecule has 1 aromatic carbocycles. The maximum atomic E-state index is 13.2. The minimum Gasteiger partial charge on any atom is -0.480 e. The number of amides is 1. The largest absolute Gasteiger partial charge is 0.480 e. The molecule has 8 heteroatoms. The van der Waals surface area contributed by atoms with E-state index in [0.29, 0.717) is 11.5 Å². The molecule has 1 aliphatic carbocycles. The van der Waals surface area contributed by atoms with E-state index in [2.05, 4.69) is 15.3 Å². The molecule has 148 valence electrons. The van der Waals surface area contributed by atoms with Gasteiger partial charge in [0.05, 0.1) is 5.69 Å². The summed E-state index contributed by atoms with van der Waals surface area (Å²) >= 11 is 0. The van der Waals surface area contributed by atoms with Crippen LogP contribution in [-0.4, -0.2) is 54.4 Å². The Balaban J connectivity index is 1.76. The van der Waals surface area contributed by atoms with E-state index < -0.39 is 5.97 Å². The van der Waals surface area contributed by atoms with E-state index in [1.54, 1.807) is 29.1 Å². The monoisotopic (exact) mass is 391 g/mol. The zero-order valence-electron chi connectivity index (χ0n) is 15.8. The third-order valence-corrected chi connectivity index (χ3v) is 5.11. The number of aromatic nitrogens is 4. The zero-order valence-corrected chi connectivity index (χ0v) is 15.8. The lowest BCUT2D eigenvalue weighted by atomic mass is 10.1. The highest BCUT2D eigenvalue weighted by Gasteiger charge is 2.31. The van der Waals surface area contributed by atoms with E-state index in [9.17, 15) is 14.7 Å². The lowest BCUT2D eigenvalue weighted by molar-refractivity contribution is -0.138. The average Bonchev–Trinajstić information content (AvgIpc) is 3.43. The predicted molar refractivity (Wildman–Crippen MR) is 106 cm³/mol. The topological polar surface area (TPSA) is 101 Å². The van der Waals surface area contributed by atoms with Gasteiger partial charge in [-0.25, -0.2) is 4.68 Å². The second-order valence-corrected chi connectivity index (χ2v) is 7.04. The Morgan fingerprint density at radius 2 is 1.86 bits per heavy atom. The van der Waals surface area contributed by atoms with Gasteiger partial charge in [-0.3, -0.25) is 9.59 Å². The van der Waals surface area contributed by atoms with Crippen molar-refractivity contribution < 1.29 is 14.7 Å². The summed E-state index contributed by atoms with van der Waals surface area (Å²) in [5.74, 6) is -0.919. The third kappa shape index (κ3) is 4.01. The van der Waals surface area contributed by atoms with Gasteiger partial charge in [-0.15, -0.1) is 5.10 Å². The van der Waals surface area contributed by atoms with Gasteiger partial charge in [-0.2, -0.15) is 10.2 Å². The first-order chi connectivity index (χ1) is 14.1. The van der Waals surface area contributed by atoms with E-state index >= 15 is 0 Å². The minimum atomic E-state index is -1.03. The van der Waals surface area contributed by atoms with Crippen LogP contribution in [-0.2, 0) is 4.79 Å². The first-order valence-electron chi connectivity index (χ1n) is 9.60. The first kappa shape index (κ1) is 18.8. The van der Waals surface area contributed by atoms with Crippen LogP contribution >= 0.6 is 0 Å². The van der Waals surface area contributed by atoms with Crippen molar-refractivity contribution in [3.8, 4) is 17.1 Å². The molecule has 0 saturated heterocycles. The fourth-order valence-corrected chi connectivity index (χ4v) is 3.76. The second-order valence-electron chi connectivity index (χ2n) is 7.04. The van der Waals surface area contributed by atoms with Crippen LogP contribution in [0.1, 0.15) is 36.2 Å². The molecule has 2 aromatic heterocycles. The Morgan fingerprint density at radius 3 is 2.52 bits per heavy atom. The smallest absolute Gasteiger partial charge is 0.323 e. The molecule has 1 N–H and O–H groups in total. The van der Waals surface area contributed by atoms with E-state index in [1.807, 2.05) is 30.3 Å². The fourth-order valence-electron chi connectivity index (χ4n) is 3.76. The van der Waals surface area contributed by atoms with Crippen LogP contribution < -0.4 is 0 Å². The SMILES string of the molecule is O=C(O)CN(C(=O)c1cc(-c2ccccc2)n(-c2cccnn2)n1)C1CCCC1. The van der Waals surface area contributed by atoms with Crippen molar-refractivity contribution >= 4 is 11.9 Å². The summed E-state index contributed by atoms with van der Waals surface area (Å²) in [4.78, 5) is 26.1. The number of hydrogen-bond acceptors (Lipinski definition) is 5. The molecule has 1 saturated carbocycles. The van der Waals surface area contributed by atoms with Gasteiger partial charge in [0.2, 0.25) is 0 Å². The summed E-state index contributed by atoms with van der Waals surface area (Å²) in [6, 6.07) is 14.7. The Bertz CT molecular complexity index is 941. The van der Waals surface area contributed by atoms with Crippen LogP contribution in [0.2, 0.25) is 0 Å². The first-order valence-corrected chi connectivity index (χ1v) is 9.60. The van der Waals surface area contributed by atoms with Crippen molar-refractivity contribution in [1.82, 2.24) is 24.9 Å². The van der Waals surface area contributed by atoms with Crippen LogP contribution in [0.15, 0.2) is 54.7 Å². The van der Waals surface area contributed by atoms with Gasteiger partial charge in [0.15, 0.2) is 11.5 Å². The number of nitrogens with zero attached hydrogens (tertiary/aromatic N) is 5. The molecule has 1 amide bonds. The molecular weight excluding hydrogens is 370 g/mol. The summed E-state index contributed by atoms with van der Waals surface area (Å²) in [7, 11) is 0. The molecule has 2 heterocycles. The number of carboxylic acids is 1. The highest BCUT2D eigenvalue weighted by Crippen LogP contribution is 2.27. The normalized spacial score (nSPS) is 14.1. The number of carbonyl (C=O) groups excluding carboxylic acids is 1. The van der Waals surface area contributed by atoms with E-state index in [1.165, 1.54) is 4.90 Å². The Kier molecular flexibility index (Phi) is 5.33. The van der Waals surface area contributed by atoms with E-state index in [4.69, 9.17) is 0 Å². The summed E-state index contributed by atoms with van der Waals surface area (Å²) in [6.07, 6.45) is 5.19. The molecule has 0 atom stereocenters. The van der Waals surface area contributed by atoms with Gasteiger partial charge in [0.1, 0.15) is 6.54 Å². The van der Waals surface area contributed by atoms with Gasteiger partial charge >= 0.3 is 5.97 Å². The zero-order chi connectivity index (χ0) is 20.2. The van der Waals surface area contributed by atoms with Crippen LogP contribution in [0.4, 0.5) is 0 Å². The molecule has 0 aliphatic heterocycles. The van der Waals surface area contributed by atoms with Gasteiger partial charge < -0.3 is 10.0 Å². The van der Waals surface area contributed by atoms with Crippen LogP contribution in [0.3, 0.4) is 0 Å². The van der Waals surface area contributed by atoms with Gasteiger partial charge in [-0.1, -0.05) is 43.2 Å². The minimum absolute atomic E-state index is 0.0690. The van der Waals surface area contributed by atoms with Crippen molar-refractivity contribution in [3.63, 3.8) is 0 Å². The molecule has 4 rings (SSSR count). The number of carbonyl (C=O) groups is 2. The Labute approximate surface area is 167 Å². The second kappa shape index (κ2) is 8.22. The summed E-state index contributed by atoms with van der Waals surface area (Å²) in [6.45, 7) is -0.331. The Hall–Kier alpha value is -3.55. The lowest BCUT2D eigenvalue weighted by Crippen LogP contribution is -2.42. The molecule has 0 radical (unpaired) electrons. The van der Waals surface area contributed by atoms with Crippen molar-refractivity contribution in [2.45, 2.75) is 31.7 Å². The highest BCUT2D eigenvalue weighted by atomic mass is 16.4. The van der Waals surface area contributed by atoms with Crippen molar-refractivity contribution in [3.05, 3.63) is 60.4 Å². The lowest BCUT2D eigenvalue weighted by Gasteiger charge is -2.26.